The average molecular weight is 318 g/mol. The van der Waals surface area contributed by atoms with Gasteiger partial charge in [0.15, 0.2) is 5.65 Å². The van der Waals surface area contributed by atoms with E-state index in [9.17, 15) is 13.2 Å². The third-order valence-electron chi connectivity index (χ3n) is 3.54. The Bertz CT molecular complexity index is 1030. The number of hydrogen-bond acceptors (Lipinski definition) is 4. The minimum Gasteiger partial charge on any atom is -0.305 e. The van der Waals surface area contributed by atoms with Crippen LogP contribution in [-0.2, 0) is 6.18 Å². The largest absolute Gasteiger partial charge is 0.418 e. The second-order valence-corrected chi connectivity index (χ2v) is 5.10. The van der Waals surface area contributed by atoms with Gasteiger partial charge in [-0.15, -0.1) is 10.2 Å². The van der Waals surface area contributed by atoms with E-state index in [1.54, 1.807) is 11.3 Å². The number of aryl methyl sites for hydroxylation is 1. The van der Waals surface area contributed by atoms with E-state index in [0.717, 1.165) is 6.07 Å². The lowest BCUT2D eigenvalue weighted by molar-refractivity contribution is -0.137. The third kappa shape index (κ3) is 2.12. The van der Waals surface area contributed by atoms with Gasteiger partial charge in [-0.25, -0.2) is 4.98 Å². The fourth-order valence-corrected chi connectivity index (χ4v) is 2.50. The summed E-state index contributed by atoms with van der Waals surface area (Å²) in [7, 11) is 0. The molecule has 0 amide bonds. The Kier molecular flexibility index (Phi) is 2.68. The van der Waals surface area contributed by atoms with E-state index < -0.39 is 11.7 Å². The Balaban J connectivity index is 2.11. The van der Waals surface area contributed by atoms with Crippen LogP contribution in [0, 0.1) is 6.92 Å². The highest BCUT2D eigenvalue weighted by molar-refractivity contribution is 5.81. The molecule has 0 atom stereocenters. The first-order valence-corrected chi connectivity index (χ1v) is 6.64. The van der Waals surface area contributed by atoms with Gasteiger partial charge in [0.25, 0.3) is 0 Å². The number of fused-ring (bicyclic) bond motifs is 3. The predicted molar refractivity (Wildman–Crippen MR) is 75.1 cm³/mol. The van der Waals surface area contributed by atoms with Crippen LogP contribution < -0.4 is 0 Å². The van der Waals surface area contributed by atoms with Crippen molar-refractivity contribution in [2.75, 3.05) is 0 Å². The molecule has 3 heterocycles. The zero-order chi connectivity index (χ0) is 16.2. The smallest absolute Gasteiger partial charge is 0.305 e. The van der Waals surface area contributed by atoms with Gasteiger partial charge in [-0.05, 0) is 19.1 Å². The Morgan fingerprint density at radius 3 is 2.61 bits per heavy atom. The van der Waals surface area contributed by atoms with Crippen LogP contribution in [-0.4, -0.2) is 29.1 Å². The minimum absolute atomic E-state index is 0.0198. The molecule has 0 aliphatic carbocycles. The molecule has 0 radical (unpaired) electrons. The minimum atomic E-state index is -4.51. The molecule has 0 saturated carbocycles. The van der Waals surface area contributed by atoms with Crippen LogP contribution in [0.4, 0.5) is 13.2 Å². The summed E-state index contributed by atoms with van der Waals surface area (Å²) < 4.78 is 43.2. The van der Waals surface area contributed by atoms with Gasteiger partial charge in [0.05, 0.1) is 40.5 Å². The fraction of sp³-hybridized carbons (Fsp3) is 0.143. The van der Waals surface area contributed by atoms with Crippen LogP contribution >= 0.6 is 0 Å². The molecule has 0 bridgehead atoms. The van der Waals surface area contributed by atoms with Gasteiger partial charge in [-0.2, -0.15) is 13.2 Å². The van der Waals surface area contributed by atoms with Crippen molar-refractivity contribution in [2.45, 2.75) is 13.1 Å². The molecule has 0 unspecified atom stereocenters. The summed E-state index contributed by atoms with van der Waals surface area (Å²) in [6.07, 6.45) is 1.21. The Morgan fingerprint density at radius 2 is 1.91 bits per heavy atom. The molecule has 0 N–H and O–H groups in total. The van der Waals surface area contributed by atoms with Gasteiger partial charge in [-0.3, -0.25) is 9.38 Å². The lowest BCUT2D eigenvalue weighted by atomic mass is 10.1. The summed E-state index contributed by atoms with van der Waals surface area (Å²) >= 11 is 0. The van der Waals surface area contributed by atoms with Gasteiger partial charge in [0, 0.05) is 6.20 Å². The lowest BCUT2D eigenvalue weighted by Gasteiger charge is -2.15. The van der Waals surface area contributed by atoms with E-state index in [1.807, 2.05) is 0 Å². The van der Waals surface area contributed by atoms with E-state index in [4.69, 9.17) is 0 Å². The average Bonchev–Trinajstić information content (AvgIpc) is 3.13. The number of alkyl halides is 3. The van der Waals surface area contributed by atoms with Crippen LogP contribution in [0.5, 0.6) is 0 Å². The first kappa shape index (κ1) is 13.7. The van der Waals surface area contributed by atoms with Crippen molar-refractivity contribution in [2.24, 2.45) is 0 Å². The summed E-state index contributed by atoms with van der Waals surface area (Å²) in [4.78, 5) is 8.04. The molecule has 0 aliphatic rings. The molecule has 9 heteroatoms. The van der Waals surface area contributed by atoms with Crippen molar-refractivity contribution in [1.29, 1.82) is 0 Å². The van der Waals surface area contributed by atoms with E-state index in [-0.39, 0.29) is 11.2 Å². The van der Waals surface area contributed by atoms with E-state index in [2.05, 4.69) is 20.2 Å². The van der Waals surface area contributed by atoms with Gasteiger partial charge in [0.1, 0.15) is 6.33 Å². The number of aromatic nitrogens is 6. The summed E-state index contributed by atoms with van der Waals surface area (Å²) in [5.41, 5.74) is 0.992. The Hall–Kier alpha value is -2.97. The van der Waals surface area contributed by atoms with Crippen LogP contribution in [0.25, 0.3) is 22.4 Å². The van der Waals surface area contributed by atoms with Crippen molar-refractivity contribution in [3.05, 3.63) is 48.4 Å². The van der Waals surface area contributed by atoms with Crippen molar-refractivity contribution in [1.82, 2.24) is 29.1 Å². The summed E-state index contributed by atoms with van der Waals surface area (Å²) in [6, 6.07) is 2.45. The monoisotopic (exact) mass is 318 g/mol. The summed E-state index contributed by atoms with van der Waals surface area (Å²) in [6.45, 7) is 1.71. The molecule has 1 aromatic carbocycles. The maximum absolute atomic E-state index is 13.4. The Labute approximate surface area is 127 Å². The van der Waals surface area contributed by atoms with Crippen LogP contribution in [0.15, 0.2) is 37.2 Å². The van der Waals surface area contributed by atoms with Gasteiger partial charge in [-0.1, -0.05) is 0 Å². The first-order chi connectivity index (χ1) is 10.9. The van der Waals surface area contributed by atoms with Crippen molar-refractivity contribution in [3.63, 3.8) is 0 Å². The number of halogens is 3. The highest BCUT2D eigenvalue weighted by Gasteiger charge is 2.35. The molecule has 116 valence electrons. The fourth-order valence-electron chi connectivity index (χ4n) is 2.50. The van der Waals surface area contributed by atoms with E-state index in [0.29, 0.717) is 16.9 Å². The zero-order valence-electron chi connectivity index (χ0n) is 11.8. The second kappa shape index (κ2) is 4.51. The van der Waals surface area contributed by atoms with Crippen LogP contribution in [0.2, 0.25) is 0 Å². The number of imidazole rings is 1. The van der Waals surface area contributed by atoms with Crippen LogP contribution in [0.3, 0.4) is 0 Å². The summed E-state index contributed by atoms with van der Waals surface area (Å²) in [5, 5.41) is 7.62. The summed E-state index contributed by atoms with van der Waals surface area (Å²) in [5.74, 6) is 0. The molecule has 4 aromatic rings. The van der Waals surface area contributed by atoms with E-state index in [1.165, 1.54) is 35.7 Å². The SMILES string of the molecule is Cc1cn(-c2cc3c(cc2C(F)(F)F)ncc2nncn23)cn1. The lowest BCUT2D eigenvalue weighted by Crippen LogP contribution is -2.11. The molecule has 0 fully saturated rings. The quantitative estimate of drug-likeness (QED) is 0.541. The number of benzene rings is 1. The molecule has 23 heavy (non-hydrogen) atoms. The van der Waals surface area contributed by atoms with E-state index >= 15 is 0 Å². The zero-order valence-corrected chi connectivity index (χ0v) is 11.8. The normalized spacial score (nSPS) is 12.3. The maximum Gasteiger partial charge on any atom is 0.418 e. The molecule has 3 aromatic heterocycles. The van der Waals surface area contributed by atoms with Crippen LogP contribution in [0.1, 0.15) is 11.3 Å². The number of nitrogens with zero attached hydrogens (tertiary/aromatic N) is 6. The standard InChI is InChI=1S/C14H9F3N6/c1-8-5-22(6-19-8)11-3-12-10(2-9(11)14(15,16)17)18-4-13-21-20-7-23(12)13/h2-7H,1H3. The predicted octanol–water partition coefficient (Wildman–Crippen LogP) is 2.79. The molecular formula is C14H9F3N6. The Morgan fingerprint density at radius 1 is 1.09 bits per heavy atom. The molecular weight excluding hydrogens is 309 g/mol. The van der Waals surface area contributed by atoms with Gasteiger partial charge >= 0.3 is 6.18 Å². The van der Waals surface area contributed by atoms with Crippen molar-refractivity contribution in [3.8, 4) is 5.69 Å². The highest BCUT2D eigenvalue weighted by Crippen LogP contribution is 2.36. The van der Waals surface area contributed by atoms with Gasteiger partial charge < -0.3 is 4.57 Å². The molecule has 0 saturated heterocycles. The van der Waals surface area contributed by atoms with Crippen molar-refractivity contribution < 1.29 is 13.2 Å². The number of hydrogen-bond donors (Lipinski definition) is 0. The first-order valence-electron chi connectivity index (χ1n) is 6.64. The maximum atomic E-state index is 13.4. The topological polar surface area (TPSA) is 60.9 Å². The molecule has 6 nitrogen and oxygen atoms in total. The van der Waals surface area contributed by atoms with Gasteiger partial charge in [0.2, 0.25) is 0 Å². The number of rotatable bonds is 1. The molecule has 0 aliphatic heterocycles. The molecule has 4 rings (SSSR count). The van der Waals surface area contributed by atoms with Crippen molar-refractivity contribution >= 4 is 16.7 Å². The molecule has 0 spiro atoms. The third-order valence-corrected chi connectivity index (χ3v) is 3.54. The highest BCUT2D eigenvalue weighted by atomic mass is 19.4. The second-order valence-electron chi connectivity index (χ2n) is 5.10.